The van der Waals surface area contributed by atoms with Gasteiger partial charge in [-0.3, -0.25) is 4.79 Å². The van der Waals surface area contributed by atoms with Crippen LogP contribution in [0.1, 0.15) is 31.8 Å². The highest BCUT2D eigenvalue weighted by molar-refractivity contribution is 6.33. The van der Waals surface area contributed by atoms with Gasteiger partial charge in [0.25, 0.3) is 0 Å². The van der Waals surface area contributed by atoms with Gasteiger partial charge < -0.3 is 4.74 Å². The van der Waals surface area contributed by atoms with Crippen molar-refractivity contribution in [2.75, 3.05) is 0 Å². The highest BCUT2D eigenvalue weighted by atomic mass is 35.5. The van der Waals surface area contributed by atoms with Crippen molar-refractivity contribution in [1.29, 1.82) is 0 Å². The summed E-state index contributed by atoms with van der Waals surface area (Å²) in [5.74, 6) is -0.240. The van der Waals surface area contributed by atoms with Gasteiger partial charge in [-0.05, 0) is 42.8 Å². The lowest BCUT2D eigenvalue weighted by molar-refractivity contribution is 0.0734. The number of esters is 1. The third-order valence-electron chi connectivity index (χ3n) is 3.93. The summed E-state index contributed by atoms with van der Waals surface area (Å²) < 4.78 is 5.38. The molecule has 0 aliphatic rings. The molecule has 3 aromatic carbocycles. The van der Waals surface area contributed by atoms with Gasteiger partial charge in [0.2, 0.25) is 0 Å². The Morgan fingerprint density at radius 1 is 0.926 bits per heavy atom. The van der Waals surface area contributed by atoms with Gasteiger partial charge in [-0.2, -0.15) is 0 Å². The zero-order valence-corrected chi connectivity index (χ0v) is 15.4. The van der Waals surface area contributed by atoms with E-state index in [1.807, 2.05) is 25.1 Å². The molecule has 27 heavy (non-hydrogen) atoms. The molecule has 0 aromatic heterocycles. The van der Waals surface area contributed by atoms with Crippen molar-refractivity contribution >= 4 is 29.4 Å². The number of ketones is 1. The minimum Gasteiger partial charge on any atom is -0.423 e. The lowest BCUT2D eigenvalue weighted by atomic mass is 10.1. The maximum absolute atomic E-state index is 12.2. The Morgan fingerprint density at radius 2 is 1.67 bits per heavy atom. The number of ether oxygens (including phenoxy) is 1. The number of carbonyl (C=O) groups is 2. The van der Waals surface area contributed by atoms with Gasteiger partial charge in [0.1, 0.15) is 5.75 Å². The topological polar surface area (TPSA) is 43.4 Å². The fourth-order valence-electron chi connectivity index (χ4n) is 2.46. The van der Waals surface area contributed by atoms with Gasteiger partial charge in [-0.25, -0.2) is 4.79 Å². The van der Waals surface area contributed by atoms with E-state index >= 15 is 0 Å². The van der Waals surface area contributed by atoms with Crippen molar-refractivity contribution in [3.8, 4) is 5.75 Å². The average molecular weight is 377 g/mol. The number of carbonyl (C=O) groups excluding carboxylic acids is 2. The highest BCUT2D eigenvalue weighted by Crippen LogP contribution is 2.20. The van der Waals surface area contributed by atoms with E-state index in [1.54, 1.807) is 60.7 Å². The fraction of sp³-hybridized carbons (Fsp3) is 0.0435. The Labute approximate surface area is 162 Å². The SMILES string of the molecule is Cc1ccc(C(=O)/C=C/c2cccc(OC(=O)c3ccccc3Cl)c2)cc1. The van der Waals surface area contributed by atoms with E-state index in [1.165, 1.54) is 6.08 Å². The molecule has 0 heterocycles. The second kappa shape index (κ2) is 8.47. The smallest absolute Gasteiger partial charge is 0.345 e. The van der Waals surface area contributed by atoms with E-state index in [2.05, 4.69) is 0 Å². The van der Waals surface area contributed by atoms with Crippen LogP contribution in [0.25, 0.3) is 6.08 Å². The molecule has 0 unspecified atom stereocenters. The van der Waals surface area contributed by atoms with Gasteiger partial charge in [-0.1, -0.05) is 71.8 Å². The zero-order valence-electron chi connectivity index (χ0n) is 14.7. The van der Waals surface area contributed by atoms with Crippen LogP contribution in [0, 0.1) is 6.92 Å². The Kier molecular flexibility index (Phi) is 5.84. The molecule has 3 rings (SSSR count). The standard InChI is InChI=1S/C23H17ClO3/c1-16-9-12-18(13-10-16)22(25)14-11-17-5-4-6-19(15-17)27-23(26)20-7-2-3-8-21(20)24/h2-15H,1H3/b14-11+. The van der Waals surface area contributed by atoms with Crippen molar-refractivity contribution in [2.45, 2.75) is 6.92 Å². The van der Waals surface area contributed by atoms with Gasteiger partial charge in [0.15, 0.2) is 5.78 Å². The minimum atomic E-state index is -0.530. The van der Waals surface area contributed by atoms with E-state index in [0.29, 0.717) is 21.9 Å². The van der Waals surface area contributed by atoms with Crippen molar-refractivity contribution in [3.05, 3.63) is 106 Å². The molecule has 0 saturated heterocycles. The maximum atomic E-state index is 12.2. The van der Waals surface area contributed by atoms with Crippen LogP contribution in [-0.2, 0) is 0 Å². The van der Waals surface area contributed by atoms with Crippen LogP contribution in [-0.4, -0.2) is 11.8 Å². The molecule has 0 aliphatic carbocycles. The quantitative estimate of drug-likeness (QED) is 0.246. The molecule has 0 spiro atoms. The summed E-state index contributed by atoms with van der Waals surface area (Å²) in [6, 6.07) is 21.0. The van der Waals surface area contributed by atoms with E-state index in [0.717, 1.165) is 11.1 Å². The first-order valence-corrected chi connectivity index (χ1v) is 8.76. The molecule has 0 radical (unpaired) electrons. The first-order chi connectivity index (χ1) is 13.0. The lowest BCUT2D eigenvalue weighted by Crippen LogP contribution is -2.09. The summed E-state index contributed by atoms with van der Waals surface area (Å²) in [5.41, 5.74) is 2.77. The monoisotopic (exact) mass is 376 g/mol. The average Bonchev–Trinajstić information content (AvgIpc) is 2.67. The molecule has 0 bridgehead atoms. The fourth-order valence-corrected chi connectivity index (χ4v) is 2.67. The van der Waals surface area contributed by atoms with Crippen molar-refractivity contribution in [2.24, 2.45) is 0 Å². The predicted molar refractivity (Wildman–Crippen MR) is 107 cm³/mol. The highest BCUT2D eigenvalue weighted by Gasteiger charge is 2.12. The van der Waals surface area contributed by atoms with Crippen molar-refractivity contribution < 1.29 is 14.3 Å². The van der Waals surface area contributed by atoms with Gasteiger partial charge in [-0.15, -0.1) is 0 Å². The predicted octanol–water partition coefficient (Wildman–Crippen LogP) is 5.76. The Bertz CT molecular complexity index is 1000. The van der Waals surface area contributed by atoms with Crippen LogP contribution >= 0.6 is 11.6 Å². The summed E-state index contributed by atoms with van der Waals surface area (Å²) in [5, 5.41) is 0.335. The molecule has 0 N–H and O–H groups in total. The first-order valence-electron chi connectivity index (χ1n) is 8.39. The number of hydrogen-bond acceptors (Lipinski definition) is 3. The Hall–Kier alpha value is -3.17. The molecule has 0 aliphatic heterocycles. The van der Waals surface area contributed by atoms with Crippen LogP contribution in [0.15, 0.2) is 78.9 Å². The molecule has 3 aromatic rings. The second-order valence-electron chi connectivity index (χ2n) is 6.01. The van der Waals surface area contributed by atoms with E-state index < -0.39 is 5.97 Å². The number of aryl methyl sites for hydroxylation is 1. The van der Waals surface area contributed by atoms with Crippen LogP contribution in [0.2, 0.25) is 5.02 Å². The Balaban J connectivity index is 1.72. The summed E-state index contributed by atoms with van der Waals surface area (Å²) in [7, 11) is 0. The molecule has 3 nitrogen and oxygen atoms in total. The van der Waals surface area contributed by atoms with Crippen LogP contribution in [0.4, 0.5) is 0 Å². The molecular formula is C23H17ClO3. The summed E-state index contributed by atoms with van der Waals surface area (Å²) in [4.78, 5) is 24.5. The van der Waals surface area contributed by atoms with Crippen LogP contribution in [0.5, 0.6) is 5.75 Å². The Morgan fingerprint density at radius 3 is 2.41 bits per heavy atom. The number of rotatable bonds is 5. The van der Waals surface area contributed by atoms with Crippen molar-refractivity contribution in [1.82, 2.24) is 0 Å². The molecular weight excluding hydrogens is 360 g/mol. The van der Waals surface area contributed by atoms with E-state index in [-0.39, 0.29) is 5.78 Å². The molecule has 134 valence electrons. The number of hydrogen-bond donors (Lipinski definition) is 0. The second-order valence-corrected chi connectivity index (χ2v) is 6.41. The summed E-state index contributed by atoms with van der Waals surface area (Å²) in [6.45, 7) is 1.97. The number of benzene rings is 3. The van der Waals surface area contributed by atoms with Crippen LogP contribution < -0.4 is 4.74 Å². The summed E-state index contributed by atoms with van der Waals surface area (Å²) in [6.07, 6.45) is 3.19. The molecule has 0 saturated carbocycles. The molecule has 0 amide bonds. The zero-order chi connectivity index (χ0) is 19.2. The van der Waals surface area contributed by atoms with E-state index in [9.17, 15) is 9.59 Å². The van der Waals surface area contributed by atoms with Gasteiger partial charge >= 0.3 is 5.97 Å². The third-order valence-corrected chi connectivity index (χ3v) is 4.26. The maximum Gasteiger partial charge on any atom is 0.345 e. The summed E-state index contributed by atoms with van der Waals surface area (Å²) >= 11 is 6.02. The van der Waals surface area contributed by atoms with E-state index in [4.69, 9.17) is 16.3 Å². The lowest BCUT2D eigenvalue weighted by Gasteiger charge is -2.06. The number of allylic oxidation sites excluding steroid dienone is 1. The van der Waals surface area contributed by atoms with Gasteiger partial charge in [0, 0.05) is 5.56 Å². The molecule has 4 heteroatoms. The largest absolute Gasteiger partial charge is 0.423 e. The van der Waals surface area contributed by atoms with Crippen LogP contribution in [0.3, 0.4) is 0 Å². The first kappa shape index (κ1) is 18.6. The van der Waals surface area contributed by atoms with Crippen molar-refractivity contribution in [3.63, 3.8) is 0 Å². The van der Waals surface area contributed by atoms with Gasteiger partial charge in [0.05, 0.1) is 10.6 Å². The number of halogens is 1. The molecule has 0 atom stereocenters. The third kappa shape index (κ3) is 4.93. The minimum absolute atomic E-state index is 0.0894. The normalized spacial score (nSPS) is 10.7. The molecule has 0 fully saturated rings.